The van der Waals surface area contributed by atoms with Gasteiger partial charge in [0.15, 0.2) is 0 Å². The van der Waals surface area contributed by atoms with Gasteiger partial charge in [0, 0.05) is 26.0 Å². The van der Waals surface area contributed by atoms with Gasteiger partial charge in [0.1, 0.15) is 0 Å². The molecule has 0 saturated carbocycles. The van der Waals surface area contributed by atoms with Gasteiger partial charge in [-0.25, -0.2) is 0 Å². The van der Waals surface area contributed by atoms with Crippen LogP contribution in [0.2, 0.25) is 0 Å². The van der Waals surface area contributed by atoms with Crippen molar-refractivity contribution < 1.29 is 4.79 Å². The van der Waals surface area contributed by atoms with E-state index in [1.807, 2.05) is 12.1 Å². The Kier molecular flexibility index (Phi) is 3.42. The molecular formula is C11H17N3O. The van der Waals surface area contributed by atoms with Gasteiger partial charge in [-0.05, 0) is 31.5 Å². The average molecular weight is 207 g/mol. The molecule has 0 aromatic carbocycles. The van der Waals surface area contributed by atoms with Crippen molar-refractivity contribution >= 4 is 5.91 Å². The van der Waals surface area contributed by atoms with Gasteiger partial charge in [0.2, 0.25) is 5.91 Å². The van der Waals surface area contributed by atoms with E-state index < -0.39 is 5.54 Å². The van der Waals surface area contributed by atoms with Gasteiger partial charge in [-0.15, -0.1) is 0 Å². The molecule has 4 nitrogen and oxygen atoms in total. The molecule has 1 heterocycles. The first-order chi connectivity index (χ1) is 6.91. The topological polar surface area (TPSA) is 59.2 Å². The lowest BCUT2D eigenvalue weighted by Crippen LogP contribution is -2.49. The molecule has 0 atom stereocenters. The zero-order chi connectivity index (χ0) is 11.5. The second-order valence-electron chi connectivity index (χ2n) is 4.24. The Hall–Kier alpha value is -1.42. The molecule has 4 heteroatoms. The second kappa shape index (κ2) is 4.40. The van der Waals surface area contributed by atoms with E-state index >= 15 is 0 Å². The van der Waals surface area contributed by atoms with Gasteiger partial charge in [0.25, 0.3) is 0 Å². The van der Waals surface area contributed by atoms with E-state index in [4.69, 9.17) is 5.73 Å². The van der Waals surface area contributed by atoms with Crippen molar-refractivity contribution in [3.63, 3.8) is 0 Å². The summed E-state index contributed by atoms with van der Waals surface area (Å²) in [5.74, 6) is -0.0701. The summed E-state index contributed by atoms with van der Waals surface area (Å²) >= 11 is 0. The van der Waals surface area contributed by atoms with Gasteiger partial charge in [-0.3, -0.25) is 9.78 Å². The number of aromatic nitrogens is 1. The lowest BCUT2D eigenvalue weighted by Gasteiger charge is -2.25. The molecule has 15 heavy (non-hydrogen) atoms. The number of amides is 1. The third-order valence-corrected chi connectivity index (χ3v) is 2.07. The monoisotopic (exact) mass is 207 g/mol. The minimum atomic E-state index is -0.818. The molecule has 0 radical (unpaired) electrons. The quantitative estimate of drug-likeness (QED) is 0.796. The first-order valence-corrected chi connectivity index (χ1v) is 4.84. The van der Waals surface area contributed by atoms with Crippen LogP contribution in [0, 0.1) is 0 Å². The third kappa shape index (κ3) is 3.32. The molecule has 0 aliphatic rings. The van der Waals surface area contributed by atoms with Crippen molar-refractivity contribution in [3.05, 3.63) is 30.1 Å². The summed E-state index contributed by atoms with van der Waals surface area (Å²) < 4.78 is 0. The fraction of sp³-hybridized carbons (Fsp3) is 0.455. The van der Waals surface area contributed by atoms with Crippen LogP contribution in [0.25, 0.3) is 0 Å². The van der Waals surface area contributed by atoms with Gasteiger partial charge >= 0.3 is 0 Å². The molecular weight excluding hydrogens is 190 g/mol. The molecule has 0 aliphatic carbocycles. The zero-order valence-electron chi connectivity index (χ0n) is 9.40. The zero-order valence-corrected chi connectivity index (χ0v) is 9.40. The minimum Gasteiger partial charge on any atom is -0.340 e. The van der Waals surface area contributed by atoms with Crippen LogP contribution in [0.3, 0.4) is 0 Å². The number of rotatable bonds is 3. The van der Waals surface area contributed by atoms with Crippen molar-refractivity contribution in [3.8, 4) is 0 Å². The van der Waals surface area contributed by atoms with E-state index in [0.717, 1.165) is 5.56 Å². The Balaban J connectivity index is 2.65. The third-order valence-electron chi connectivity index (χ3n) is 2.07. The second-order valence-corrected chi connectivity index (χ2v) is 4.24. The number of nitrogens with two attached hydrogens (primary N) is 1. The van der Waals surface area contributed by atoms with E-state index in [2.05, 4.69) is 4.98 Å². The fourth-order valence-corrected chi connectivity index (χ4v) is 1.33. The maximum absolute atomic E-state index is 11.8. The first kappa shape index (κ1) is 11.7. The van der Waals surface area contributed by atoms with Gasteiger partial charge < -0.3 is 10.6 Å². The van der Waals surface area contributed by atoms with Crippen molar-refractivity contribution in [1.29, 1.82) is 0 Å². The van der Waals surface area contributed by atoms with Crippen LogP contribution in [0.4, 0.5) is 0 Å². The Labute approximate surface area is 90.1 Å². The largest absolute Gasteiger partial charge is 0.340 e. The highest BCUT2D eigenvalue weighted by atomic mass is 16.2. The highest BCUT2D eigenvalue weighted by molar-refractivity contribution is 5.84. The summed E-state index contributed by atoms with van der Waals surface area (Å²) in [6.07, 6.45) is 3.42. The molecule has 2 N–H and O–H groups in total. The van der Waals surface area contributed by atoms with Crippen molar-refractivity contribution in [2.24, 2.45) is 5.73 Å². The number of hydrogen-bond acceptors (Lipinski definition) is 3. The minimum absolute atomic E-state index is 0.0701. The van der Waals surface area contributed by atoms with Crippen LogP contribution in [0.1, 0.15) is 19.4 Å². The molecule has 0 unspecified atom stereocenters. The Bertz CT molecular complexity index is 329. The standard InChI is InChI=1S/C11H17N3O/c1-11(2,12)10(15)14(3)8-9-4-6-13-7-5-9/h4-7H,8,12H2,1-3H3. The van der Waals surface area contributed by atoms with Gasteiger partial charge in [0.05, 0.1) is 5.54 Å². The molecule has 0 aliphatic heterocycles. The molecule has 1 amide bonds. The molecule has 1 aromatic rings. The van der Waals surface area contributed by atoms with Crippen LogP contribution >= 0.6 is 0 Å². The van der Waals surface area contributed by atoms with E-state index in [9.17, 15) is 4.79 Å². The SMILES string of the molecule is CN(Cc1ccncc1)C(=O)C(C)(C)N. The fourth-order valence-electron chi connectivity index (χ4n) is 1.33. The molecule has 0 fully saturated rings. The number of nitrogens with zero attached hydrogens (tertiary/aromatic N) is 2. The lowest BCUT2D eigenvalue weighted by atomic mass is 10.1. The number of carbonyl (C=O) groups excluding carboxylic acids is 1. The molecule has 1 aromatic heterocycles. The predicted molar refractivity (Wildman–Crippen MR) is 59.0 cm³/mol. The van der Waals surface area contributed by atoms with Crippen molar-refractivity contribution in [2.75, 3.05) is 7.05 Å². The van der Waals surface area contributed by atoms with Crippen LogP contribution in [-0.4, -0.2) is 28.4 Å². The maximum atomic E-state index is 11.8. The normalized spacial score (nSPS) is 11.2. The molecule has 0 spiro atoms. The maximum Gasteiger partial charge on any atom is 0.242 e. The van der Waals surface area contributed by atoms with Crippen LogP contribution in [-0.2, 0) is 11.3 Å². The number of hydrogen-bond donors (Lipinski definition) is 1. The number of pyridine rings is 1. The van der Waals surface area contributed by atoms with E-state index in [-0.39, 0.29) is 5.91 Å². The lowest BCUT2D eigenvalue weighted by molar-refractivity contribution is -0.134. The first-order valence-electron chi connectivity index (χ1n) is 4.84. The highest BCUT2D eigenvalue weighted by Crippen LogP contribution is 2.07. The van der Waals surface area contributed by atoms with E-state index in [1.165, 1.54) is 0 Å². The summed E-state index contributed by atoms with van der Waals surface area (Å²) in [7, 11) is 1.75. The van der Waals surface area contributed by atoms with Gasteiger partial charge in [-0.2, -0.15) is 0 Å². The van der Waals surface area contributed by atoms with Gasteiger partial charge in [-0.1, -0.05) is 0 Å². The van der Waals surface area contributed by atoms with Crippen LogP contribution < -0.4 is 5.73 Å². The molecule has 0 saturated heterocycles. The van der Waals surface area contributed by atoms with Crippen LogP contribution in [0.15, 0.2) is 24.5 Å². The summed E-state index contributed by atoms with van der Waals surface area (Å²) in [5.41, 5.74) is 5.96. The Morgan fingerprint density at radius 2 is 2.00 bits per heavy atom. The summed E-state index contributed by atoms with van der Waals surface area (Å²) in [4.78, 5) is 17.3. The number of likely N-dealkylation sites (N-methyl/N-ethyl adjacent to an activating group) is 1. The predicted octanol–water partition coefficient (Wildman–Crippen LogP) is 0.777. The Morgan fingerprint density at radius 1 is 1.47 bits per heavy atom. The highest BCUT2D eigenvalue weighted by Gasteiger charge is 2.25. The molecule has 1 rings (SSSR count). The Morgan fingerprint density at radius 3 is 2.47 bits per heavy atom. The summed E-state index contributed by atoms with van der Waals surface area (Å²) in [5, 5.41) is 0. The summed E-state index contributed by atoms with van der Waals surface area (Å²) in [6.45, 7) is 3.97. The number of carbonyl (C=O) groups is 1. The molecule has 82 valence electrons. The van der Waals surface area contributed by atoms with Crippen molar-refractivity contribution in [1.82, 2.24) is 9.88 Å². The van der Waals surface area contributed by atoms with Crippen LogP contribution in [0.5, 0.6) is 0 Å². The summed E-state index contributed by atoms with van der Waals surface area (Å²) in [6, 6.07) is 3.76. The smallest absolute Gasteiger partial charge is 0.242 e. The van der Waals surface area contributed by atoms with E-state index in [1.54, 1.807) is 38.2 Å². The average Bonchev–Trinajstić information content (AvgIpc) is 2.16. The van der Waals surface area contributed by atoms with E-state index in [0.29, 0.717) is 6.54 Å². The molecule has 0 bridgehead atoms. The van der Waals surface area contributed by atoms with Crippen molar-refractivity contribution in [2.45, 2.75) is 25.9 Å².